The summed E-state index contributed by atoms with van der Waals surface area (Å²) in [7, 11) is 0. The van der Waals surface area contributed by atoms with Crippen LogP contribution < -0.4 is 10.6 Å². The minimum atomic E-state index is -0.403. The highest BCUT2D eigenvalue weighted by atomic mass is 32.2. The summed E-state index contributed by atoms with van der Waals surface area (Å²) in [5, 5.41) is 5.33. The molecule has 0 spiro atoms. The molecular weight excluding hydrogens is 320 g/mol. The van der Waals surface area contributed by atoms with Crippen LogP contribution in [-0.4, -0.2) is 17.1 Å². The van der Waals surface area contributed by atoms with Crippen LogP contribution in [0, 0.1) is 0 Å². The van der Waals surface area contributed by atoms with Gasteiger partial charge in [0, 0.05) is 17.0 Å². The van der Waals surface area contributed by atoms with Gasteiger partial charge in [0.2, 0.25) is 11.8 Å². The van der Waals surface area contributed by atoms with Gasteiger partial charge in [-0.3, -0.25) is 9.59 Å². The van der Waals surface area contributed by atoms with Gasteiger partial charge in [-0.15, -0.1) is 11.8 Å². The first kappa shape index (κ1) is 16.6. The number of benzene rings is 2. The van der Waals surface area contributed by atoms with E-state index in [1.807, 2.05) is 48.5 Å². The Morgan fingerprint density at radius 1 is 1.17 bits per heavy atom. The van der Waals surface area contributed by atoms with Gasteiger partial charge < -0.3 is 10.6 Å². The van der Waals surface area contributed by atoms with Crippen molar-refractivity contribution in [3.63, 3.8) is 0 Å². The average molecular weight is 340 g/mol. The van der Waals surface area contributed by atoms with Crippen LogP contribution in [0.4, 0.5) is 11.4 Å². The summed E-state index contributed by atoms with van der Waals surface area (Å²) >= 11 is 1.44. The second kappa shape index (κ2) is 7.53. The molecule has 2 aromatic carbocycles. The van der Waals surface area contributed by atoms with Crippen molar-refractivity contribution < 1.29 is 9.59 Å². The predicted octanol–water partition coefficient (Wildman–Crippen LogP) is 4.08. The van der Waals surface area contributed by atoms with E-state index in [1.165, 1.54) is 17.3 Å². The van der Waals surface area contributed by atoms with Crippen molar-refractivity contribution >= 4 is 35.0 Å². The fourth-order valence-corrected chi connectivity index (χ4v) is 3.76. The SMILES string of the molecule is CCCc1ccc(NC(=O)C[C@H]2Sc3ccccc3NC2=O)cc1. The standard InChI is InChI=1S/C19H20N2O2S/c1-2-5-13-8-10-14(11-9-13)20-18(22)12-17-19(23)21-15-6-3-4-7-16(15)24-17/h3-4,6-11,17H,2,5,12H2,1H3,(H,20,22)(H,21,23)/t17-/m1/s1. The Kier molecular flexibility index (Phi) is 5.20. The van der Waals surface area contributed by atoms with E-state index in [0.29, 0.717) is 0 Å². The first-order chi connectivity index (χ1) is 11.7. The minimum absolute atomic E-state index is 0.118. The molecule has 2 aromatic rings. The Hall–Kier alpha value is -2.27. The Bertz CT molecular complexity index is 743. The number of amides is 2. The Labute approximate surface area is 146 Å². The lowest BCUT2D eigenvalue weighted by Crippen LogP contribution is -2.32. The number of aryl methyl sites for hydroxylation is 1. The molecule has 1 atom stereocenters. The molecule has 0 aromatic heterocycles. The van der Waals surface area contributed by atoms with Crippen LogP contribution in [0.3, 0.4) is 0 Å². The van der Waals surface area contributed by atoms with Crippen LogP contribution in [0.25, 0.3) is 0 Å². The minimum Gasteiger partial charge on any atom is -0.326 e. The Morgan fingerprint density at radius 3 is 2.67 bits per heavy atom. The molecule has 24 heavy (non-hydrogen) atoms. The van der Waals surface area contributed by atoms with Crippen molar-refractivity contribution in [2.75, 3.05) is 10.6 Å². The molecule has 0 unspecified atom stereocenters. The summed E-state index contributed by atoms with van der Waals surface area (Å²) in [5.41, 5.74) is 2.84. The van der Waals surface area contributed by atoms with Crippen molar-refractivity contribution in [3.05, 3.63) is 54.1 Å². The molecule has 124 valence electrons. The molecule has 2 amide bonds. The zero-order chi connectivity index (χ0) is 16.9. The van der Waals surface area contributed by atoms with Gasteiger partial charge in [0.1, 0.15) is 0 Å². The third-order valence-electron chi connectivity index (χ3n) is 3.85. The number of para-hydroxylation sites is 1. The van der Waals surface area contributed by atoms with E-state index in [4.69, 9.17) is 0 Å². The molecule has 4 nitrogen and oxygen atoms in total. The van der Waals surface area contributed by atoms with Crippen LogP contribution in [0.5, 0.6) is 0 Å². The molecule has 1 aliphatic rings. The lowest BCUT2D eigenvalue weighted by atomic mass is 10.1. The average Bonchev–Trinajstić information content (AvgIpc) is 2.57. The van der Waals surface area contributed by atoms with Crippen molar-refractivity contribution in [3.8, 4) is 0 Å². The van der Waals surface area contributed by atoms with Crippen molar-refractivity contribution in [2.45, 2.75) is 36.3 Å². The largest absolute Gasteiger partial charge is 0.326 e. The number of fused-ring (bicyclic) bond motifs is 1. The molecule has 0 fully saturated rings. The molecule has 5 heteroatoms. The second-order valence-corrected chi connectivity index (χ2v) is 7.04. The van der Waals surface area contributed by atoms with E-state index in [1.54, 1.807) is 0 Å². The summed E-state index contributed by atoms with van der Waals surface area (Å²) < 4.78 is 0. The molecule has 0 saturated carbocycles. The second-order valence-electron chi connectivity index (χ2n) is 5.79. The van der Waals surface area contributed by atoms with E-state index < -0.39 is 5.25 Å². The number of hydrogen-bond acceptors (Lipinski definition) is 3. The van der Waals surface area contributed by atoms with E-state index in [2.05, 4.69) is 17.6 Å². The lowest BCUT2D eigenvalue weighted by Gasteiger charge is -2.23. The summed E-state index contributed by atoms with van der Waals surface area (Å²) in [6, 6.07) is 15.5. The third kappa shape index (κ3) is 3.97. The van der Waals surface area contributed by atoms with Crippen LogP contribution in [0.15, 0.2) is 53.4 Å². The maximum Gasteiger partial charge on any atom is 0.238 e. The molecule has 0 bridgehead atoms. The van der Waals surface area contributed by atoms with E-state index in [0.717, 1.165) is 29.1 Å². The Balaban J connectivity index is 1.60. The fraction of sp³-hybridized carbons (Fsp3) is 0.263. The van der Waals surface area contributed by atoms with Crippen LogP contribution in [-0.2, 0) is 16.0 Å². The first-order valence-corrected chi connectivity index (χ1v) is 8.99. The number of thioether (sulfide) groups is 1. The van der Waals surface area contributed by atoms with Crippen LogP contribution in [0.2, 0.25) is 0 Å². The van der Waals surface area contributed by atoms with Gasteiger partial charge >= 0.3 is 0 Å². The summed E-state index contributed by atoms with van der Waals surface area (Å²) in [6.07, 6.45) is 2.29. The monoisotopic (exact) mass is 340 g/mol. The smallest absolute Gasteiger partial charge is 0.238 e. The first-order valence-electron chi connectivity index (χ1n) is 8.11. The van der Waals surface area contributed by atoms with E-state index in [-0.39, 0.29) is 18.2 Å². The van der Waals surface area contributed by atoms with Gasteiger partial charge in [-0.2, -0.15) is 0 Å². The summed E-state index contributed by atoms with van der Waals surface area (Å²) in [4.78, 5) is 25.4. The van der Waals surface area contributed by atoms with E-state index in [9.17, 15) is 9.59 Å². The summed E-state index contributed by atoms with van der Waals surface area (Å²) in [5.74, 6) is -0.266. The third-order valence-corrected chi connectivity index (χ3v) is 5.13. The fourth-order valence-electron chi connectivity index (χ4n) is 2.65. The van der Waals surface area contributed by atoms with E-state index >= 15 is 0 Å². The van der Waals surface area contributed by atoms with Gasteiger partial charge in [0.25, 0.3) is 0 Å². The van der Waals surface area contributed by atoms with Crippen molar-refractivity contribution in [1.82, 2.24) is 0 Å². The van der Waals surface area contributed by atoms with Gasteiger partial charge in [0.15, 0.2) is 0 Å². The molecule has 1 heterocycles. The molecular formula is C19H20N2O2S. The number of hydrogen-bond donors (Lipinski definition) is 2. The lowest BCUT2D eigenvalue weighted by molar-refractivity contribution is -0.120. The van der Waals surface area contributed by atoms with Crippen LogP contribution in [0.1, 0.15) is 25.3 Å². The van der Waals surface area contributed by atoms with Crippen LogP contribution >= 0.6 is 11.8 Å². The number of carbonyl (C=O) groups excluding carboxylic acids is 2. The van der Waals surface area contributed by atoms with Crippen molar-refractivity contribution in [2.24, 2.45) is 0 Å². The highest BCUT2D eigenvalue weighted by Crippen LogP contribution is 2.36. The number of rotatable bonds is 5. The van der Waals surface area contributed by atoms with Gasteiger partial charge in [0.05, 0.1) is 10.9 Å². The molecule has 0 aliphatic carbocycles. The topological polar surface area (TPSA) is 58.2 Å². The van der Waals surface area contributed by atoms with Gasteiger partial charge in [-0.05, 0) is 36.2 Å². The van der Waals surface area contributed by atoms with Gasteiger partial charge in [-0.25, -0.2) is 0 Å². The zero-order valence-electron chi connectivity index (χ0n) is 13.5. The highest BCUT2D eigenvalue weighted by molar-refractivity contribution is 8.01. The molecule has 0 radical (unpaired) electrons. The number of carbonyl (C=O) groups is 2. The quantitative estimate of drug-likeness (QED) is 0.862. The predicted molar refractivity (Wildman–Crippen MR) is 98.4 cm³/mol. The zero-order valence-corrected chi connectivity index (χ0v) is 14.4. The number of nitrogens with one attached hydrogen (secondary N) is 2. The van der Waals surface area contributed by atoms with Crippen molar-refractivity contribution in [1.29, 1.82) is 0 Å². The summed E-state index contributed by atoms with van der Waals surface area (Å²) in [6.45, 7) is 2.14. The molecule has 0 saturated heterocycles. The number of anilines is 2. The molecule has 1 aliphatic heterocycles. The maximum atomic E-state index is 12.2. The maximum absolute atomic E-state index is 12.2. The van der Waals surface area contributed by atoms with Gasteiger partial charge in [-0.1, -0.05) is 37.6 Å². The highest BCUT2D eigenvalue weighted by Gasteiger charge is 2.28. The molecule has 2 N–H and O–H groups in total. The Morgan fingerprint density at radius 2 is 1.92 bits per heavy atom. The normalized spacial score (nSPS) is 16.2. The molecule has 3 rings (SSSR count).